The van der Waals surface area contributed by atoms with Gasteiger partial charge in [0.15, 0.2) is 11.4 Å². The van der Waals surface area contributed by atoms with Crippen molar-refractivity contribution in [1.29, 1.82) is 0 Å². The van der Waals surface area contributed by atoms with E-state index in [9.17, 15) is 14.7 Å². The van der Waals surface area contributed by atoms with Crippen molar-refractivity contribution < 1.29 is 14.7 Å². The first-order valence-electron chi connectivity index (χ1n) is 11.4. The molecule has 0 spiro atoms. The molecule has 174 valence electrons. The number of para-hydroxylation sites is 2. The number of amides is 1. The van der Waals surface area contributed by atoms with Crippen LogP contribution in [0.1, 0.15) is 22.3 Å². The van der Waals surface area contributed by atoms with E-state index in [4.69, 9.17) is 0 Å². The molecule has 5 rings (SSSR count). The summed E-state index contributed by atoms with van der Waals surface area (Å²) in [6, 6.07) is 24.6. The predicted octanol–water partition coefficient (Wildman–Crippen LogP) is 4.04. The zero-order valence-corrected chi connectivity index (χ0v) is 20.3. The predicted molar refractivity (Wildman–Crippen MR) is 136 cm³/mol. The third-order valence-corrected chi connectivity index (χ3v) is 7.13. The molecule has 3 aromatic carbocycles. The van der Waals surface area contributed by atoms with E-state index in [1.54, 1.807) is 35.2 Å². The van der Waals surface area contributed by atoms with Gasteiger partial charge < -0.3 is 10.0 Å². The highest BCUT2D eigenvalue weighted by Crippen LogP contribution is 2.43. The van der Waals surface area contributed by atoms with Crippen LogP contribution in [0.4, 0.5) is 11.4 Å². The van der Waals surface area contributed by atoms with Crippen LogP contribution in [-0.2, 0) is 10.4 Å². The van der Waals surface area contributed by atoms with Gasteiger partial charge in [0.05, 0.1) is 18.8 Å². The maximum Gasteiger partial charge on any atom is 0.265 e. The van der Waals surface area contributed by atoms with Crippen LogP contribution in [0, 0.1) is 0 Å². The number of carbonyl (C=O) groups is 2. The van der Waals surface area contributed by atoms with Gasteiger partial charge in [-0.3, -0.25) is 19.4 Å². The standard InChI is InChI=1S/C27H26BrN3O3/c28-21-8-6-7-20(17-21)25(32)18-27(34)23-11-4-5-12-24(23)31(26(27)33)19-29-13-15-30(16-14-29)22-9-2-1-3-10-22/h1-12,17,34H,13-16,18-19H2. The summed E-state index contributed by atoms with van der Waals surface area (Å²) in [5, 5.41) is 11.6. The lowest BCUT2D eigenvalue weighted by Gasteiger charge is -2.38. The number of benzene rings is 3. The molecule has 3 aromatic rings. The van der Waals surface area contributed by atoms with Gasteiger partial charge in [-0.2, -0.15) is 0 Å². The van der Waals surface area contributed by atoms with Crippen LogP contribution in [0.15, 0.2) is 83.3 Å². The van der Waals surface area contributed by atoms with Crippen molar-refractivity contribution in [2.24, 2.45) is 0 Å². The Bertz CT molecular complexity index is 1210. The third kappa shape index (κ3) is 4.27. The van der Waals surface area contributed by atoms with Crippen LogP contribution in [0.2, 0.25) is 0 Å². The number of rotatable bonds is 6. The molecular weight excluding hydrogens is 494 g/mol. The second-order valence-corrected chi connectivity index (χ2v) is 9.72. The van der Waals surface area contributed by atoms with Gasteiger partial charge in [0.1, 0.15) is 0 Å². The normalized spacial score (nSPS) is 20.5. The van der Waals surface area contributed by atoms with Gasteiger partial charge in [0.25, 0.3) is 5.91 Å². The van der Waals surface area contributed by atoms with E-state index >= 15 is 0 Å². The first-order valence-corrected chi connectivity index (χ1v) is 12.2. The fourth-order valence-corrected chi connectivity index (χ4v) is 5.20. The van der Waals surface area contributed by atoms with Crippen LogP contribution in [0.3, 0.4) is 0 Å². The Balaban J connectivity index is 1.32. The first kappa shape index (κ1) is 22.8. The highest BCUT2D eigenvalue weighted by atomic mass is 79.9. The molecule has 34 heavy (non-hydrogen) atoms. The second-order valence-electron chi connectivity index (χ2n) is 8.80. The van der Waals surface area contributed by atoms with Crippen molar-refractivity contribution in [3.8, 4) is 0 Å². The van der Waals surface area contributed by atoms with Crippen LogP contribution in [0.25, 0.3) is 0 Å². The van der Waals surface area contributed by atoms with Crippen molar-refractivity contribution in [2.75, 3.05) is 42.6 Å². The molecule has 1 atom stereocenters. The quantitative estimate of drug-likeness (QED) is 0.498. The molecule has 1 N–H and O–H groups in total. The average Bonchev–Trinajstić information content (AvgIpc) is 3.07. The van der Waals surface area contributed by atoms with Crippen molar-refractivity contribution >= 4 is 39.0 Å². The van der Waals surface area contributed by atoms with Gasteiger partial charge in [-0.1, -0.05) is 64.5 Å². The number of aliphatic hydroxyl groups is 1. The van der Waals surface area contributed by atoms with E-state index in [1.165, 1.54) is 5.69 Å². The molecule has 0 bridgehead atoms. The summed E-state index contributed by atoms with van der Waals surface area (Å²) >= 11 is 3.38. The first-order chi connectivity index (χ1) is 16.5. The fraction of sp³-hybridized carbons (Fsp3) is 0.259. The van der Waals surface area contributed by atoms with Crippen LogP contribution >= 0.6 is 15.9 Å². The molecule has 1 amide bonds. The summed E-state index contributed by atoms with van der Waals surface area (Å²) in [6.45, 7) is 3.71. The van der Waals surface area contributed by atoms with Gasteiger partial charge in [0, 0.05) is 47.5 Å². The lowest BCUT2D eigenvalue weighted by atomic mass is 9.88. The minimum atomic E-state index is -1.87. The molecule has 0 radical (unpaired) electrons. The minimum absolute atomic E-state index is 0.273. The van der Waals surface area contributed by atoms with E-state index in [0.717, 1.165) is 30.7 Å². The average molecular weight is 520 g/mol. The van der Waals surface area contributed by atoms with Crippen molar-refractivity contribution in [1.82, 2.24) is 4.90 Å². The van der Waals surface area contributed by atoms with Gasteiger partial charge in [-0.25, -0.2) is 0 Å². The molecule has 0 saturated carbocycles. The van der Waals surface area contributed by atoms with E-state index in [2.05, 4.69) is 37.9 Å². The van der Waals surface area contributed by atoms with E-state index in [-0.39, 0.29) is 12.2 Å². The molecule has 2 heterocycles. The molecule has 2 aliphatic heterocycles. The maximum absolute atomic E-state index is 13.6. The van der Waals surface area contributed by atoms with Crippen LogP contribution < -0.4 is 9.80 Å². The molecule has 1 fully saturated rings. The summed E-state index contributed by atoms with van der Waals surface area (Å²) in [7, 11) is 0. The van der Waals surface area contributed by atoms with E-state index in [0.29, 0.717) is 23.5 Å². The summed E-state index contributed by atoms with van der Waals surface area (Å²) < 4.78 is 0.778. The summed E-state index contributed by atoms with van der Waals surface area (Å²) in [5.74, 6) is -0.715. The van der Waals surface area contributed by atoms with Gasteiger partial charge >= 0.3 is 0 Å². The largest absolute Gasteiger partial charge is 0.375 e. The van der Waals surface area contributed by atoms with E-state index in [1.807, 2.05) is 36.4 Å². The lowest BCUT2D eigenvalue weighted by molar-refractivity contribution is -0.136. The maximum atomic E-state index is 13.6. The topological polar surface area (TPSA) is 64.1 Å². The Morgan fingerprint density at radius 3 is 2.35 bits per heavy atom. The minimum Gasteiger partial charge on any atom is -0.375 e. The zero-order chi connectivity index (χ0) is 23.7. The van der Waals surface area contributed by atoms with Crippen LogP contribution in [-0.4, -0.2) is 54.5 Å². The molecule has 0 aromatic heterocycles. The number of hydrogen-bond acceptors (Lipinski definition) is 5. The number of anilines is 2. The number of fused-ring (bicyclic) bond motifs is 1. The Morgan fingerprint density at radius 1 is 0.912 bits per heavy atom. The molecule has 6 nitrogen and oxygen atoms in total. The molecular formula is C27H26BrN3O3. The summed E-state index contributed by atoms with van der Waals surface area (Å²) in [6.07, 6.45) is -0.294. The Hall–Kier alpha value is -3.00. The fourth-order valence-electron chi connectivity index (χ4n) is 4.80. The Kier molecular flexibility index (Phi) is 6.25. The lowest BCUT2D eigenvalue weighted by Crippen LogP contribution is -2.52. The number of hydrogen-bond donors (Lipinski definition) is 1. The smallest absolute Gasteiger partial charge is 0.265 e. The van der Waals surface area contributed by atoms with Crippen molar-refractivity contribution in [2.45, 2.75) is 12.0 Å². The summed E-state index contributed by atoms with van der Waals surface area (Å²) in [4.78, 5) is 32.7. The molecule has 1 saturated heterocycles. The molecule has 7 heteroatoms. The van der Waals surface area contributed by atoms with Crippen molar-refractivity contribution in [3.05, 3.63) is 94.5 Å². The number of Topliss-reactive ketones (excluding diaryl/α,β-unsaturated/α-hetero) is 1. The van der Waals surface area contributed by atoms with Crippen LogP contribution in [0.5, 0.6) is 0 Å². The van der Waals surface area contributed by atoms with Gasteiger partial charge in [-0.15, -0.1) is 0 Å². The number of piperazine rings is 1. The number of carbonyl (C=O) groups excluding carboxylic acids is 2. The van der Waals surface area contributed by atoms with E-state index < -0.39 is 11.5 Å². The highest BCUT2D eigenvalue weighted by molar-refractivity contribution is 9.10. The van der Waals surface area contributed by atoms with Crippen molar-refractivity contribution in [3.63, 3.8) is 0 Å². The van der Waals surface area contributed by atoms with Gasteiger partial charge in [0.2, 0.25) is 0 Å². The SMILES string of the molecule is O=C(CC1(O)C(=O)N(CN2CCN(c3ccccc3)CC2)c2ccccc21)c1cccc(Br)c1. The Labute approximate surface area is 207 Å². The number of ketones is 1. The highest BCUT2D eigenvalue weighted by Gasteiger charge is 2.51. The third-order valence-electron chi connectivity index (χ3n) is 6.64. The monoisotopic (exact) mass is 519 g/mol. The molecule has 2 aliphatic rings. The molecule has 0 aliphatic carbocycles. The molecule has 1 unspecified atom stereocenters. The van der Waals surface area contributed by atoms with Gasteiger partial charge in [-0.05, 0) is 30.3 Å². The number of halogens is 1. The Morgan fingerprint density at radius 2 is 1.62 bits per heavy atom. The second kappa shape index (κ2) is 9.33. The number of nitrogens with zero attached hydrogens (tertiary/aromatic N) is 3. The zero-order valence-electron chi connectivity index (χ0n) is 18.7. The summed E-state index contributed by atoms with van der Waals surface area (Å²) in [5.41, 5.74) is 0.949.